The average Bonchev–Trinajstić information content (AvgIpc) is 2.03. The number of carbonyl (C=O) groups is 1. The molecule has 0 spiro atoms. The molecule has 1 rings (SSSR count). The molecule has 1 aromatic rings. The van der Waals surface area contributed by atoms with E-state index in [1.165, 1.54) is 18.2 Å². The van der Waals surface area contributed by atoms with Crippen molar-refractivity contribution in [2.45, 2.75) is 6.10 Å². The average molecular weight is 296 g/mol. The number of carboxylic acids is 1. The largest absolute Gasteiger partial charge is 0.479 e. The molecule has 0 radical (unpaired) electrons. The van der Waals surface area contributed by atoms with Crippen molar-refractivity contribution in [2.75, 3.05) is 0 Å². The number of aliphatic hydroxyl groups excluding tert-OH is 1. The summed E-state index contributed by atoms with van der Waals surface area (Å²) in [5.74, 6) is -2.16. The monoisotopic (exact) mass is 296 g/mol. The van der Waals surface area contributed by atoms with Gasteiger partial charge in [0.05, 0.1) is 0 Å². The van der Waals surface area contributed by atoms with Crippen LogP contribution in [0.5, 0.6) is 0 Å². The highest BCUT2D eigenvalue weighted by atomic mass is 127. The van der Waals surface area contributed by atoms with Crippen molar-refractivity contribution in [3.63, 3.8) is 0 Å². The fourth-order valence-electron chi connectivity index (χ4n) is 0.856. The fourth-order valence-corrected chi connectivity index (χ4v) is 1.31. The van der Waals surface area contributed by atoms with E-state index in [1.807, 2.05) is 22.6 Å². The second kappa shape index (κ2) is 4.01. The molecule has 0 aliphatic carbocycles. The van der Waals surface area contributed by atoms with Crippen LogP contribution in [0.1, 0.15) is 11.7 Å². The minimum Gasteiger partial charge on any atom is -0.479 e. The van der Waals surface area contributed by atoms with E-state index in [9.17, 15) is 9.18 Å². The Morgan fingerprint density at radius 1 is 1.54 bits per heavy atom. The molecule has 13 heavy (non-hydrogen) atoms. The smallest absolute Gasteiger partial charge is 0.337 e. The van der Waals surface area contributed by atoms with Crippen molar-refractivity contribution < 1.29 is 19.4 Å². The fraction of sp³-hybridized carbons (Fsp3) is 0.125. The lowest BCUT2D eigenvalue weighted by Crippen LogP contribution is -2.12. The molecule has 0 fully saturated rings. The maximum Gasteiger partial charge on any atom is 0.337 e. The third kappa shape index (κ3) is 2.38. The summed E-state index contributed by atoms with van der Waals surface area (Å²) in [5, 5.41) is 17.4. The van der Waals surface area contributed by atoms with Gasteiger partial charge in [-0.1, -0.05) is 6.07 Å². The van der Waals surface area contributed by atoms with E-state index in [0.29, 0.717) is 3.57 Å². The zero-order valence-electron chi connectivity index (χ0n) is 6.37. The van der Waals surface area contributed by atoms with Crippen LogP contribution in [-0.2, 0) is 4.79 Å². The van der Waals surface area contributed by atoms with Crippen molar-refractivity contribution in [1.29, 1.82) is 0 Å². The zero-order chi connectivity index (χ0) is 10.0. The summed E-state index contributed by atoms with van der Waals surface area (Å²) in [7, 11) is 0. The van der Waals surface area contributed by atoms with Crippen LogP contribution in [0.25, 0.3) is 0 Å². The first-order valence-electron chi connectivity index (χ1n) is 3.38. The van der Waals surface area contributed by atoms with Gasteiger partial charge >= 0.3 is 5.97 Å². The summed E-state index contributed by atoms with van der Waals surface area (Å²) in [6.45, 7) is 0. The molecule has 2 N–H and O–H groups in total. The second-order valence-electron chi connectivity index (χ2n) is 2.41. The van der Waals surface area contributed by atoms with Crippen LogP contribution < -0.4 is 0 Å². The zero-order valence-corrected chi connectivity index (χ0v) is 8.53. The van der Waals surface area contributed by atoms with Gasteiger partial charge in [-0.05, 0) is 34.7 Å². The summed E-state index contributed by atoms with van der Waals surface area (Å²) in [4.78, 5) is 10.3. The Bertz CT molecular complexity index is 340. The first kappa shape index (κ1) is 10.4. The molecule has 0 amide bonds. The number of aliphatic carboxylic acids is 1. The van der Waals surface area contributed by atoms with Crippen LogP contribution in [0.4, 0.5) is 4.39 Å². The molecule has 0 bridgehead atoms. The van der Waals surface area contributed by atoms with Crippen molar-refractivity contribution >= 4 is 28.6 Å². The van der Waals surface area contributed by atoms with Crippen molar-refractivity contribution in [1.82, 2.24) is 0 Å². The quantitative estimate of drug-likeness (QED) is 0.814. The Balaban J connectivity index is 3.08. The van der Waals surface area contributed by atoms with Gasteiger partial charge in [0.2, 0.25) is 0 Å². The predicted molar refractivity (Wildman–Crippen MR) is 51.7 cm³/mol. The van der Waals surface area contributed by atoms with Gasteiger partial charge in [0.1, 0.15) is 5.82 Å². The van der Waals surface area contributed by atoms with Gasteiger partial charge in [-0.3, -0.25) is 0 Å². The van der Waals surface area contributed by atoms with Gasteiger partial charge in [0, 0.05) is 9.13 Å². The Kier molecular flexibility index (Phi) is 3.21. The Morgan fingerprint density at radius 3 is 2.62 bits per heavy atom. The maximum absolute atomic E-state index is 13.0. The highest BCUT2D eigenvalue weighted by Crippen LogP contribution is 2.19. The minimum atomic E-state index is -1.79. The lowest BCUT2D eigenvalue weighted by Gasteiger charge is -2.06. The van der Waals surface area contributed by atoms with Crippen molar-refractivity contribution in [3.05, 3.63) is 33.1 Å². The Labute approximate surface area is 87.3 Å². The number of benzene rings is 1. The number of halogens is 2. The van der Waals surface area contributed by atoms with E-state index in [4.69, 9.17) is 10.2 Å². The number of aliphatic hydroxyl groups is 1. The number of hydrogen-bond acceptors (Lipinski definition) is 2. The summed E-state index contributed by atoms with van der Waals surface area (Å²) in [6.07, 6.45) is -1.79. The molecule has 1 unspecified atom stereocenters. The first-order valence-corrected chi connectivity index (χ1v) is 4.46. The molecule has 1 atom stereocenters. The molecule has 0 saturated carbocycles. The first-order chi connectivity index (χ1) is 6.02. The summed E-state index contributed by atoms with van der Waals surface area (Å²) in [5.41, 5.74) is -0.215. The lowest BCUT2D eigenvalue weighted by molar-refractivity contribution is -0.147. The van der Waals surface area contributed by atoms with Gasteiger partial charge < -0.3 is 10.2 Å². The molecular weight excluding hydrogens is 290 g/mol. The molecule has 5 heteroatoms. The Morgan fingerprint density at radius 2 is 2.15 bits per heavy atom. The molecular formula is C8H6FIO3. The molecule has 1 aromatic carbocycles. The second-order valence-corrected chi connectivity index (χ2v) is 3.65. The number of carboxylic acid groups (broad SMARTS) is 1. The van der Waals surface area contributed by atoms with Gasteiger partial charge in [-0.25, -0.2) is 9.18 Å². The van der Waals surface area contributed by atoms with Crippen LogP contribution in [0, 0.1) is 9.39 Å². The third-order valence-electron chi connectivity index (χ3n) is 1.49. The van der Waals surface area contributed by atoms with Gasteiger partial charge in [-0.2, -0.15) is 0 Å². The summed E-state index contributed by atoms with van der Waals surface area (Å²) in [6, 6.07) is 3.96. The molecule has 0 heterocycles. The van der Waals surface area contributed by atoms with E-state index < -0.39 is 17.9 Å². The summed E-state index contributed by atoms with van der Waals surface area (Å²) < 4.78 is 13.7. The maximum atomic E-state index is 13.0. The van der Waals surface area contributed by atoms with Crippen molar-refractivity contribution in [2.24, 2.45) is 0 Å². The molecule has 0 saturated heterocycles. The Hall–Kier alpha value is -0.690. The van der Waals surface area contributed by atoms with Crippen LogP contribution in [0.15, 0.2) is 18.2 Å². The molecule has 70 valence electrons. The molecule has 0 aromatic heterocycles. The summed E-state index contributed by atoms with van der Waals surface area (Å²) >= 11 is 1.89. The van der Waals surface area contributed by atoms with Crippen LogP contribution in [0.3, 0.4) is 0 Å². The molecule has 0 aliphatic rings. The van der Waals surface area contributed by atoms with Gasteiger partial charge in [0.25, 0.3) is 0 Å². The van der Waals surface area contributed by atoms with Crippen LogP contribution in [-0.4, -0.2) is 16.2 Å². The number of rotatable bonds is 2. The highest BCUT2D eigenvalue weighted by molar-refractivity contribution is 14.1. The minimum absolute atomic E-state index is 0.215. The molecule has 0 aliphatic heterocycles. The normalized spacial score (nSPS) is 12.5. The molecule has 3 nitrogen and oxygen atoms in total. The third-order valence-corrected chi connectivity index (χ3v) is 2.16. The van der Waals surface area contributed by atoms with Crippen LogP contribution >= 0.6 is 22.6 Å². The van der Waals surface area contributed by atoms with E-state index in [2.05, 4.69) is 0 Å². The van der Waals surface area contributed by atoms with E-state index in [-0.39, 0.29) is 5.56 Å². The topological polar surface area (TPSA) is 57.5 Å². The van der Waals surface area contributed by atoms with E-state index in [1.54, 1.807) is 0 Å². The van der Waals surface area contributed by atoms with Crippen LogP contribution in [0.2, 0.25) is 0 Å². The van der Waals surface area contributed by atoms with Gasteiger partial charge in [0.15, 0.2) is 6.10 Å². The van der Waals surface area contributed by atoms with Crippen molar-refractivity contribution in [3.8, 4) is 0 Å². The number of hydrogen-bond donors (Lipinski definition) is 2. The van der Waals surface area contributed by atoms with Gasteiger partial charge in [-0.15, -0.1) is 0 Å². The standard InChI is InChI=1S/C8H6FIO3/c9-6-3-4(10)1-2-5(6)7(11)8(12)13/h1-3,7,11H,(H,12,13). The highest BCUT2D eigenvalue weighted by Gasteiger charge is 2.19. The predicted octanol–water partition coefficient (Wildman–Crippen LogP) is 1.55. The van der Waals surface area contributed by atoms with E-state index >= 15 is 0 Å². The lowest BCUT2D eigenvalue weighted by atomic mass is 10.1. The SMILES string of the molecule is O=C(O)C(O)c1ccc(I)cc1F. The van der Waals surface area contributed by atoms with E-state index in [0.717, 1.165) is 0 Å².